The Morgan fingerprint density at radius 2 is 1.80 bits per heavy atom. The van der Waals surface area contributed by atoms with Gasteiger partial charge in [-0.2, -0.15) is 23.3 Å². The van der Waals surface area contributed by atoms with E-state index in [1.165, 1.54) is 11.6 Å². The van der Waals surface area contributed by atoms with Gasteiger partial charge in [-0.15, -0.1) is 0 Å². The van der Waals surface area contributed by atoms with Crippen molar-refractivity contribution >= 4 is 16.9 Å². The summed E-state index contributed by atoms with van der Waals surface area (Å²) in [6, 6.07) is 17.2. The molecule has 0 fully saturated rings. The number of benzene rings is 2. The minimum absolute atomic E-state index is 0.00892. The minimum Gasteiger partial charge on any atom is -0.467 e. The summed E-state index contributed by atoms with van der Waals surface area (Å²) in [5, 5.41) is 6.98. The number of aromatic nitrogens is 3. The number of nitrogens with zero attached hydrogens (tertiary/aromatic N) is 3. The van der Waals surface area contributed by atoms with Crippen LogP contribution in [0, 0.1) is 6.92 Å². The van der Waals surface area contributed by atoms with Gasteiger partial charge in [0.2, 0.25) is 5.88 Å². The molecule has 1 amide bonds. The van der Waals surface area contributed by atoms with E-state index in [0.717, 1.165) is 23.6 Å². The third-order valence-corrected chi connectivity index (χ3v) is 5.71. The number of halogens is 3. The molecule has 2 aromatic carbocycles. The van der Waals surface area contributed by atoms with Gasteiger partial charge in [0.05, 0.1) is 28.4 Å². The Morgan fingerprint density at radius 1 is 1.11 bits per heavy atom. The first-order chi connectivity index (χ1) is 16.7. The van der Waals surface area contributed by atoms with Crippen LogP contribution in [-0.2, 0) is 17.4 Å². The molecule has 1 N–H and O–H groups in total. The number of alkyl halides is 3. The first-order valence-electron chi connectivity index (χ1n) is 11.2. The third-order valence-electron chi connectivity index (χ3n) is 5.71. The topological polar surface area (TPSA) is 69.0 Å². The summed E-state index contributed by atoms with van der Waals surface area (Å²) < 4.78 is 48.6. The largest absolute Gasteiger partial charge is 0.467 e. The van der Waals surface area contributed by atoms with Crippen LogP contribution in [0.1, 0.15) is 42.3 Å². The van der Waals surface area contributed by atoms with Crippen molar-refractivity contribution in [2.75, 3.05) is 6.61 Å². The molecule has 0 aliphatic heterocycles. The molecule has 0 spiro atoms. The van der Waals surface area contributed by atoms with Gasteiger partial charge in [-0.25, -0.2) is 4.68 Å². The van der Waals surface area contributed by atoms with E-state index in [9.17, 15) is 18.0 Å². The average molecular weight is 483 g/mol. The molecule has 182 valence electrons. The van der Waals surface area contributed by atoms with E-state index < -0.39 is 24.3 Å². The Hall–Kier alpha value is -3.88. The van der Waals surface area contributed by atoms with Gasteiger partial charge in [0.25, 0.3) is 5.91 Å². The number of amides is 1. The highest BCUT2D eigenvalue weighted by Crippen LogP contribution is 2.38. The number of carbonyl (C=O) groups is 1. The fourth-order valence-electron chi connectivity index (χ4n) is 3.86. The summed E-state index contributed by atoms with van der Waals surface area (Å²) in [5.74, 6) is -0.782. The van der Waals surface area contributed by atoms with Gasteiger partial charge in [0.15, 0.2) is 12.3 Å². The summed E-state index contributed by atoms with van der Waals surface area (Å²) in [6.45, 7) is 4.85. The SMILES string of the molecule is CCc1ccc(-n2nc(C)c3c(C(F)(F)F)cc(OCC(=O)NC(C)c4ccccc4)nc32)cc1. The fraction of sp³-hybridized carbons (Fsp3) is 0.269. The van der Waals surface area contributed by atoms with Gasteiger partial charge in [0.1, 0.15) is 0 Å². The average Bonchev–Trinajstić information content (AvgIpc) is 3.18. The maximum Gasteiger partial charge on any atom is 0.417 e. The van der Waals surface area contributed by atoms with Gasteiger partial charge in [-0.1, -0.05) is 49.4 Å². The van der Waals surface area contributed by atoms with Crippen molar-refractivity contribution in [2.45, 2.75) is 39.4 Å². The second-order valence-electron chi connectivity index (χ2n) is 8.21. The molecule has 0 saturated heterocycles. The highest BCUT2D eigenvalue weighted by molar-refractivity contribution is 5.85. The molecule has 0 saturated carbocycles. The van der Waals surface area contributed by atoms with Crippen LogP contribution in [-0.4, -0.2) is 27.3 Å². The molecule has 0 aliphatic rings. The fourth-order valence-corrected chi connectivity index (χ4v) is 3.86. The number of nitrogens with one attached hydrogen (secondary N) is 1. The van der Waals surface area contributed by atoms with Crippen molar-refractivity contribution in [3.05, 3.63) is 83.0 Å². The lowest BCUT2D eigenvalue weighted by atomic mass is 10.1. The van der Waals surface area contributed by atoms with E-state index in [2.05, 4.69) is 15.4 Å². The van der Waals surface area contributed by atoms with E-state index in [4.69, 9.17) is 4.74 Å². The van der Waals surface area contributed by atoms with Crippen LogP contribution < -0.4 is 10.1 Å². The zero-order valence-electron chi connectivity index (χ0n) is 19.6. The molecule has 6 nitrogen and oxygen atoms in total. The highest BCUT2D eigenvalue weighted by Gasteiger charge is 2.36. The summed E-state index contributed by atoms with van der Waals surface area (Å²) in [6.07, 6.45) is -3.83. The molecular formula is C26H25F3N4O2. The number of ether oxygens (including phenoxy) is 1. The standard InChI is InChI=1S/C26H25F3N4O2/c1-4-18-10-12-20(13-11-18)33-25-24(17(3)32-33)21(26(27,28)29)14-23(31-25)35-15-22(34)30-16(2)19-8-6-5-7-9-19/h5-14,16H,4,15H2,1-3H3,(H,30,34). The summed E-state index contributed by atoms with van der Waals surface area (Å²) in [5.41, 5.74) is 1.85. The number of rotatable bonds is 7. The van der Waals surface area contributed by atoms with E-state index in [1.54, 1.807) is 12.1 Å². The Bertz CT molecular complexity index is 1330. The number of pyridine rings is 1. The van der Waals surface area contributed by atoms with E-state index in [0.29, 0.717) is 5.69 Å². The van der Waals surface area contributed by atoms with E-state index in [-0.39, 0.29) is 28.6 Å². The van der Waals surface area contributed by atoms with Crippen molar-refractivity contribution in [1.29, 1.82) is 0 Å². The molecule has 1 unspecified atom stereocenters. The van der Waals surface area contributed by atoms with Crippen molar-refractivity contribution in [1.82, 2.24) is 20.1 Å². The zero-order valence-corrected chi connectivity index (χ0v) is 19.6. The zero-order chi connectivity index (χ0) is 25.2. The van der Waals surface area contributed by atoms with Crippen LogP contribution in [0.2, 0.25) is 0 Å². The first-order valence-corrected chi connectivity index (χ1v) is 11.2. The van der Waals surface area contributed by atoms with Crippen molar-refractivity contribution in [3.63, 3.8) is 0 Å². The monoisotopic (exact) mass is 482 g/mol. The summed E-state index contributed by atoms with van der Waals surface area (Å²) in [4.78, 5) is 16.7. The van der Waals surface area contributed by atoms with Crippen LogP contribution in [0.25, 0.3) is 16.7 Å². The normalized spacial score (nSPS) is 12.5. The number of hydrogen-bond acceptors (Lipinski definition) is 4. The predicted molar refractivity (Wildman–Crippen MR) is 126 cm³/mol. The maximum absolute atomic E-state index is 13.9. The predicted octanol–water partition coefficient (Wildman–Crippen LogP) is 5.57. The smallest absolute Gasteiger partial charge is 0.417 e. The number of fused-ring (bicyclic) bond motifs is 1. The van der Waals surface area contributed by atoms with Crippen LogP contribution in [0.5, 0.6) is 5.88 Å². The quantitative estimate of drug-likeness (QED) is 0.374. The Labute approximate surface area is 200 Å². The molecule has 2 aromatic heterocycles. The molecule has 0 radical (unpaired) electrons. The Morgan fingerprint density at radius 3 is 2.43 bits per heavy atom. The highest BCUT2D eigenvalue weighted by atomic mass is 19.4. The number of hydrogen-bond donors (Lipinski definition) is 1. The molecule has 4 aromatic rings. The van der Waals surface area contributed by atoms with Crippen LogP contribution in [0.3, 0.4) is 0 Å². The maximum atomic E-state index is 13.9. The molecule has 35 heavy (non-hydrogen) atoms. The summed E-state index contributed by atoms with van der Waals surface area (Å²) in [7, 11) is 0. The second-order valence-corrected chi connectivity index (χ2v) is 8.21. The molecule has 9 heteroatoms. The Kier molecular flexibility index (Phi) is 6.77. The van der Waals surface area contributed by atoms with Gasteiger partial charge < -0.3 is 10.1 Å². The van der Waals surface area contributed by atoms with Gasteiger partial charge >= 0.3 is 6.18 Å². The van der Waals surface area contributed by atoms with E-state index >= 15 is 0 Å². The lowest BCUT2D eigenvalue weighted by Crippen LogP contribution is -2.31. The van der Waals surface area contributed by atoms with E-state index in [1.807, 2.05) is 56.3 Å². The van der Waals surface area contributed by atoms with Gasteiger partial charge in [0, 0.05) is 6.07 Å². The van der Waals surface area contributed by atoms with Crippen molar-refractivity contribution < 1.29 is 22.7 Å². The molecule has 2 heterocycles. The molecule has 1 atom stereocenters. The second kappa shape index (κ2) is 9.77. The van der Waals surface area contributed by atoms with Crippen LogP contribution in [0.4, 0.5) is 13.2 Å². The number of aryl methyl sites for hydroxylation is 2. The molecule has 4 rings (SSSR count). The third kappa shape index (κ3) is 5.29. The first kappa shape index (κ1) is 24.3. The Balaban J connectivity index is 1.64. The van der Waals surface area contributed by atoms with Gasteiger partial charge in [-0.3, -0.25) is 4.79 Å². The van der Waals surface area contributed by atoms with Crippen molar-refractivity contribution in [3.8, 4) is 11.6 Å². The lowest BCUT2D eigenvalue weighted by molar-refractivity contribution is -0.136. The summed E-state index contributed by atoms with van der Waals surface area (Å²) >= 11 is 0. The molecule has 0 bridgehead atoms. The van der Waals surface area contributed by atoms with Crippen molar-refractivity contribution in [2.24, 2.45) is 0 Å². The van der Waals surface area contributed by atoms with Gasteiger partial charge in [-0.05, 0) is 43.5 Å². The van der Waals surface area contributed by atoms with Crippen LogP contribution >= 0.6 is 0 Å². The number of carbonyl (C=O) groups excluding carboxylic acids is 1. The minimum atomic E-state index is -4.66. The van der Waals surface area contributed by atoms with Crippen LogP contribution in [0.15, 0.2) is 60.7 Å². The molecule has 0 aliphatic carbocycles. The molecular weight excluding hydrogens is 457 g/mol. The lowest BCUT2D eigenvalue weighted by Gasteiger charge is -2.15.